The first-order chi connectivity index (χ1) is 6.20. The molecule has 1 rings (SSSR count). The van der Waals surface area contributed by atoms with E-state index in [2.05, 4.69) is 0 Å². The normalized spacial score (nSPS) is 20.5. The van der Waals surface area contributed by atoms with Crippen LogP contribution < -0.4 is 5.73 Å². The van der Waals surface area contributed by atoms with Gasteiger partial charge in [-0.1, -0.05) is 32.1 Å². The largest absolute Gasteiger partial charge is 0.341 e. The molecule has 0 aromatic heterocycles. The van der Waals surface area contributed by atoms with Crippen LogP contribution in [0.25, 0.3) is 0 Å². The predicted octanol–water partition coefficient (Wildman–Crippen LogP) is 1.86. The van der Waals surface area contributed by atoms with Gasteiger partial charge in [-0.05, 0) is 5.92 Å². The number of hydrogen-bond acceptors (Lipinski definition) is 3. The Balaban J connectivity index is 2.35. The lowest BCUT2D eigenvalue weighted by molar-refractivity contribution is -0.214. The molecule has 1 aliphatic carbocycles. The zero-order valence-corrected chi connectivity index (χ0v) is 8.71. The Bertz CT molecular complexity index is 140. The number of rotatable bonds is 4. The molecule has 0 unspecified atom stereocenters. The van der Waals surface area contributed by atoms with E-state index in [1.54, 1.807) is 14.2 Å². The summed E-state index contributed by atoms with van der Waals surface area (Å²) in [6, 6.07) is 0. The van der Waals surface area contributed by atoms with E-state index in [-0.39, 0.29) is 0 Å². The van der Waals surface area contributed by atoms with Crippen molar-refractivity contribution in [3.63, 3.8) is 0 Å². The van der Waals surface area contributed by atoms with Crippen molar-refractivity contribution in [2.75, 3.05) is 14.2 Å². The monoisotopic (exact) mass is 187 g/mol. The highest BCUT2D eigenvalue weighted by Gasteiger charge is 2.28. The SMILES string of the molecule is COC(N)(CC1CCCCC1)OC. The Morgan fingerprint density at radius 3 is 2.15 bits per heavy atom. The second-order valence-corrected chi connectivity index (χ2v) is 3.93. The molecule has 1 fully saturated rings. The molecular weight excluding hydrogens is 166 g/mol. The lowest BCUT2D eigenvalue weighted by Gasteiger charge is -2.31. The summed E-state index contributed by atoms with van der Waals surface area (Å²) in [5, 5.41) is 0. The molecule has 78 valence electrons. The summed E-state index contributed by atoms with van der Waals surface area (Å²) in [5.41, 5.74) is 5.88. The van der Waals surface area contributed by atoms with Gasteiger partial charge in [0.2, 0.25) is 5.91 Å². The highest BCUT2D eigenvalue weighted by molar-refractivity contribution is 4.72. The average molecular weight is 187 g/mol. The van der Waals surface area contributed by atoms with E-state index in [0.29, 0.717) is 5.92 Å². The molecule has 3 heteroatoms. The van der Waals surface area contributed by atoms with Crippen LogP contribution in [-0.2, 0) is 9.47 Å². The topological polar surface area (TPSA) is 44.5 Å². The van der Waals surface area contributed by atoms with Gasteiger partial charge in [0.25, 0.3) is 0 Å². The molecule has 1 saturated carbocycles. The van der Waals surface area contributed by atoms with Crippen molar-refractivity contribution < 1.29 is 9.47 Å². The van der Waals surface area contributed by atoms with E-state index in [0.717, 1.165) is 6.42 Å². The van der Waals surface area contributed by atoms with Crippen LogP contribution in [-0.4, -0.2) is 20.1 Å². The molecule has 0 radical (unpaired) electrons. The maximum Gasteiger partial charge on any atom is 0.224 e. The highest BCUT2D eigenvalue weighted by atomic mass is 16.7. The third-order valence-electron chi connectivity index (χ3n) is 2.99. The van der Waals surface area contributed by atoms with Gasteiger partial charge in [-0.2, -0.15) is 0 Å². The maximum absolute atomic E-state index is 5.88. The summed E-state index contributed by atoms with van der Waals surface area (Å²) in [7, 11) is 3.21. The summed E-state index contributed by atoms with van der Waals surface area (Å²) >= 11 is 0. The van der Waals surface area contributed by atoms with E-state index >= 15 is 0 Å². The van der Waals surface area contributed by atoms with Gasteiger partial charge in [-0.15, -0.1) is 0 Å². The van der Waals surface area contributed by atoms with Crippen molar-refractivity contribution in [1.82, 2.24) is 0 Å². The van der Waals surface area contributed by atoms with Gasteiger partial charge in [-0.3, -0.25) is 5.73 Å². The van der Waals surface area contributed by atoms with Crippen LogP contribution in [0.3, 0.4) is 0 Å². The second-order valence-electron chi connectivity index (χ2n) is 3.93. The Kier molecular flexibility index (Phi) is 4.16. The van der Waals surface area contributed by atoms with Crippen molar-refractivity contribution in [2.24, 2.45) is 11.7 Å². The maximum atomic E-state index is 5.88. The van der Waals surface area contributed by atoms with Crippen LogP contribution in [0, 0.1) is 5.92 Å². The van der Waals surface area contributed by atoms with Crippen molar-refractivity contribution in [3.8, 4) is 0 Å². The van der Waals surface area contributed by atoms with Gasteiger partial charge < -0.3 is 9.47 Å². The van der Waals surface area contributed by atoms with E-state index in [1.165, 1.54) is 32.1 Å². The minimum absolute atomic E-state index is 0.679. The molecule has 1 aliphatic rings. The molecule has 0 spiro atoms. The van der Waals surface area contributed by atoms with Crippen LogP contribution in [0.5, 0.6) is 0 Å². The first-order valence-corrected chi connectivity index (χ1v) is 5.09. The molecule has 3 nitrogen and oxygen atoms in total. The fourth-order valence-corrected chi connectivity index (χ4v) is 2.04. The molecule has 2 N–H and O–H groups in total. The number of methoxy groups -OCH3 is 2. The van der Waals surface area contributed by atoms with Crippen LogP contribution in [0.2, 0.25) is 0 Å². The summed E-state index contributed by atoms with van der Waals surface area (Å²) in [5.74, 6) is -0.180. The number of hydrogen-bond donors (Lipinski definition) is 1. The zero-order chi connectivity index (χ0) is 9.73. The minimum Gasteiger partial charge on any atom is -0.341 e. The van der Waals surface area contributed by atoms with Gasteiger partial charge in [0, 0.05) is 20.6 Å². The van der Waals surface area contributed by atoms with E-state index in [1.807, 2.05) is 0 Å². The molecule has 0 aromatic carbocycles. The van der Waals surface area contributed by atoms with Crippen LogP contribution in [0.4, 0.5) is 0 Å². The van der Waals surface area contributed by atoms with Gasteiger partial charge >= 0.3 is 0 Å². The van der Waals surface area contributed by atoms with Crippen molar-refractivity contribution in [3.05, 3.63) is 0 Å². The molecule has 0 aliphatic heterocycles. The molecular formula is C10H21NO2. The van der Waals surface area contributed by atoms with E-state index < -0.39 is 5.91 Å². The molecule has 0 heterocycles. The van der Waals surface area contributed by atoms with Crippen molar-refractivity contribution in [2.45, 2.75) is 44.4 Å². The Morgan fingerprint density at radius 2 is 1.69 bits per heavy atom. The van der Waals surface area contributed by atoms with E-state index in [9.17, 15) is 0 Å². The first-order valence-electron chi connectivity index (χ1n) is 5.09. The van der Waals surface area contributed by atoms with Crippen LogP contribution in [0.15, 0.2) is 0 Å². The summed E-state index contributed by atoms with van der Waals surface area (Å²) in [6.07, 6.45) is 7.38. The summed E-state index contributed by atoms with van der Waals surface area (Å²) < 4.78 is 10.3. The second kappa shape index (κ2) is 4.94. The van der Waals surface area contributed by atoms with Gasteiger partial charge in [0.1, 0.15) is 0 Å². The quantitative estimate of drug-likeness (QED) is 0.683. The van der Waals surface area contributed by atoms with Gasteiger partial charge in [0.05, 0.1) is 0 Å². The smallest absolute Gasteiger partial charge is 0.224 e. The molecule has 0 amide bonds. The summed E-state index contributed by atoms with van der Waals surface area (Å²) in [6.45, 7) is 0. The Hall–Kier alpha value is -0.120. The zero-order valence-electron chi connectivity index (χ0n) is 8.71. The van der Waals surface area contributed by atoms with Crippen LogP contribution in [0.1, 0.15) is 38.5 Å². The summed E-state index contributed by atoms with van der Waals surface area (Å²) in [4.78, 5) is 0. The molecule has 0 atom stereocenters. The predicted molar refractivity (Wildman–Crippen MR) is 52.1 cm³/mol. The lowest BCUT2D eigenvalue weighted by Crippen LogP contribution is -2.45. The lowest BCUT2D eigenvalue weighted by atomic mass is 9.86. The molecule has 0 aromatic rings. The fourth-order valence-electron chi connectivity index (χ4n) is 2.04. The van der Waals surface area contributed by atoms with Gasteiger partial charge in [0.15, 0.2) is 0 Å². The number of nitrogens with two attached hydrogens (primary N) is 1. The molecule has 13 heavy (non-hydrogen) atoms. The molecule has 0 saturated heterocycles. The number of ether oxygens (including phenoxy) is 2. The molecule has 0 bridgehead atoms. The highest BCUT2D eigenvalue weighted by Crippen LogP contribution is 2.30. The van der Waals surface area contributed by atoms with Gasteiger partial charge in [-0.25, -0.2) is 0 Å². The fraction of sp³-hybridized carbons (Fsp3) is 1.00. The average Bonchev–Trinajstić information content (AvgIpc) is 2.19. The third kappa shape index (κ3) is 3.25. The van der Waals surface area contributed by atoms with Crippen molar-refractivity contribution in [1.29, 1.82) is 0 Å². The van der Waals surface area contributed by atoms with E-state index in [4.69, 9.17) is 15.2 Å². The first kappa shape index (κ1) is 11.0. The standard InChI is InChI=1S/C10H21NO2/c1-12-10(11,13-2)8-9-6-4-3-5-7-9/h9H,3-8,11H2,1-2H3. The van der Waals surface area contributed by atoms with Crippen LogP contribution >= 0.6 is 0 Å². The Morgan fingerprint density at radius 1 is 1.15 bits per heavy atom. The minimum atomic E-state index is -0.859. The van der Waals surface area contributed by atoms with Crippen molar-refractivity contribution >= 4 is 0 Å². The third-order valence-corrected chi connectivity index (χ3v) is 2.99. The Labute approximate surface area is 80.6 Å².